The Kier molecular flexibility index (Phi) is 6.12. The van der Waals surface area contributed by atoms with Crippen LogP contribution < -0.4 is 10.6 Å². The molecule has 1 amide bonds. The Morgan fingerprint density at radius 2 is 2.00 bits per heavy atom. The molecule has 0 aromatic heterocycles. The van der Waals surface area contributed by atoms with Crippen molar-refractivity contribution in [3.63, 3.8) is 0 Å². The van der Waals surface area contributed by atoms with Gasteiger partial charge >= 0.3 is 0 Å². The second-order valence-electron chi connectivity index (χ2n) is 3.60. The maximum absolute atomic E-state index is 11.6. The van der Waals surface area contributed by atoms with Crippen LogP contribution in [0.1, 0.15) is 27.2 Å². The van der Waals surface area contributed by atoms with E-state index in [0.29, 0.717) is 6.42 Å². The largest absolute Gasteiger partial charge is 0.344 e. The second-order valence-corrected chi connectivity index (χ2v) is 3.60. The van der Waals surface area contributed by atoms with E-state index in [2.05, 4.69) is 10.6 Å². The molecule has 0 heterocycles. The molecule has 0 fully saturated rings. The van der Waals surface area contributed by atoms with Crippen molar-refractivity contribution in [1.29, 1.82) is 0 Å². The molecule has 2 N–H and O–H groups in total. The van der Waals surface area contributed by atoms with Gasteiger partial charge in [0.15, 0.2) is 0 Å². The first kappa shape index (κ1) is 13.1. The number of hydrogen-bond donors (Lipinski definition) is 2. The molecule has 0 aliphatic rings. The molecule has 0 rings (SSSR count). The van der Waals surface area contributed by atoms with E-state index in [1.165, 1.54) is 0 Å². The van der Waals surface area contributed by atoms with E-state index in [1.807, 2.05) is 20.8 Å². The van der Waals surface area contributed by atoms with Crippen LogP contribution in [-0.2, 0) is 9.59 Å². The molecule has 0 saturated heterocycles. The highest BCUT2D eigenvalue weighted by atomic mass is 16.2. The third-order valence-electron chi connectivity index (χ3n) is 2.13. The third-order valence-corrected chi connectivity index (χ3v) is 2.13. The number of carbonyl (C=O) groups is 1. The van der Waals surface area contributed by atoms with Gasteiger partial charge in [0.05, 0.1) is 12.1 Å². The van der Waals surface area contributed by atoms with Crippen LogP contribution in [0.3, 0.4) is 0 Å². The molecular weight excluding hydrogens is 180 g/mol. The van der Waals surface area contributed by atoms with Gasteiger partial charge in [0.1, 0.15) is 0 Å². The normalized spacial score (nSPS) is 14.9. The van der Waals surface area contributed by atoms with Crippen molar-refractivity contribution in [2.45, 2.75) is 39.3 Å². The lowest BCUT2D eigenvalue weighted by molar-refractivity contribution is -0.124. The zero-order valence-corrected chi connectivity index (χ0v) is 9.26. The van der Waals surface area contributed by atoms with Gasteiger partial charge in [-0.1, -0.05) is 20.8 Å². The summed E-state index contributed by atoms with van der Waals surface area (Å²) in [6.07, 6.45) is 2.36. The van der Waals surface area contributed by atoms with Gasteiger partial charge in [-0.2, -0.15) is 0 Å². The highest BCUT2D eigenvalue weighted by molar-refractivity contribution is 5.84. The summed E-state index contributed by atoms with van der Waals surface area (Å²) in [6.45, 7) is 5.73. The third kappa shape index (κ3) is 3.87. The first-order chi connectivity index (χ1) is 6.56. The van der Waals surface area contributed by atoms with Crippen molar-refractivity contribution >= 4 is 12.2 Å². The molecule has 0 spiro atoms. The number of rotatable bonds is 6. The average Bonchev–Trinajstić information content (AvgIpc) is 2.14. The van der Waals surface area contributed by atoms with Gasteiger partial charge in [0.2, 0.25) is 12.2 Å². The van der Waals surface area contributed by atoms with E-state index in [1.54, 1.807) is 13.3 Å². The van der Waals surface area contributed by atoms with Crippen molar-refractivity contribution in [1.82, 2.24) is 10.6 Å². The van der Waals surface area contributed by atoms with Crippen molar-refractivity contribution in [2.75, 3.05) is 7.05 Å². The van der Waals surface area contributed by atoms with E-state index >= 15 is 0 Å². The summed E-state index contributed by atoms with van der Waals surface area (Å²) in [7, 11) is 1.73. The fourth-order valence-electron chi connectivity index (χ4n) is 1.24. The first-order valence-corrected chi connectivity index (χ1v) is 4.92. The van der Waals surface area contributed by atoms with E-state index in [4.69, 9.17) is 0 Å². The molecular formula is C10H19N2O2. The Hall–Kier alpha value is -0.900. The van der Waals surface area contributed by atoms with Crippen LogP contribution in [0, 0.1) is 5.92 Å². The Labute approximate surface area is 85.4 Å². The fraction of sp³-hybridized carbons (Fsp3) is 0.800. The molecule has 4 nitrogen and oxygen atoms in total. The Morgan fingerprint density at radius 1 is 1.43 bits per heavy atom. The van der Waals surface area contributed by atoms with Crippen molar-refractivity contribution in [2.24, 2.45) is 5.92 Å². The molecule has 2 atom stereocenters. The molecule has 0 aromatic carbocycles. The molecule has 0 aromatic rings. The molecule has 0 aliphatic carbocycles. The van der Waals surface area contributed by atoms with Gasteiger partial charge in [-0.15, -0.1) is 0 Å². The van der Waals surface area contributed by atoms with Gasteiger partial charge in [0, 0.05) is 0 Å². The minimum atomic E-state index is -0.489. The van der Waals surface area contributed by atoms with Gasteiger partial charge in [-0.25, -0.2) is 0 Å². The summed E-state index contributed by atoms with van der Waals surface area (Å²) < 4.78 is 0. The van der Waals surface area contributed by atoms with Crippen LogP contribution in [0.4, 0.5) is 0 Å². The zero-order chi connectivity index (χ0) is 11.1. The zero-order valence-electron chi connectivity index (χ0n) is 9.26. The standard InChI is InChI=1S/C10H19N2O2/c1-5-8(6-13)12-10(14)9(11-4)7(2)3/h7-9,11H,5H2,1-4H3,(H,12,14)/t8-,9-/m0/s1. The van der Waals surface area contributed by atoms with Gasteiger partial charge in [-0.05, 0) is 19.4 Å². The molecule has 0 saturated carbocycles. The lowest BCUT2D eigenvalue weighted by Crippen LogP contribution is -2.49. The summed E-state index contributed by atoms with van der Waals surface area (Å²) in [5.41, 5.74) is 0. The molecule has 14 heavy (non-hydrogen) atoms. The molecule has 0 bridgehead atoms. The molecule has 1 radical (unpaired) electrons. The van der Waals surface area contributed by atoms with Crippen LogP contribution >= 0.6 is 0 Å². The summed E-state index contributed by atoms with van der Waals surface area (Å²) in [5, 5.41) is 5.54. The summed E-state index contributed by atoms with van der Waals surface area (Å²) >= 11 is 0. The summed E-state index contributed by atoms with van der Waals surface area (Å²) in [6, 6.07) is -0.741. The molecule has 81 valence electrons. The van der Waals surface area contributed by atoms with Gasteiger partial charge < -0.3 is 10.6 Å². The second kappa shape index (κ2) is 6.54. The topological polar surface area (TPSA) is 58.2 Å². The first-order valence-electron chi connectivity index (χ1n) is 4.92. The maximum Gasteiger partial charge on any atom is 0.237 e. The van der Waals surface area contributed by atoms with E-state index in [0.717, 1.165) is 0 Å². The van der Waals surface area contributed by atoms with Crippen LogP contribution in [0.25, 0.3) is 0 Å². The summed E-state index contributed by atoms with van der Waals surface area (Å²) in [4.78, 5) is 22.0. The Morgan fingerprint density at radius 3 is 2.29 bits per heavy atom. The highest BCUT2D eigenvalue weighted by Gasteiger charge is 2.21. The molecule has 0 unspecified atom stereocenters. The number of likely N-dealkylation sites (N-methyl/N-ethyl adjacent to an activating group) is 1. The predicted octanol–water partition coefficient (Wildman–Crippen LogP) is 0.235. The lowest BCUT2D eigenvalue weighted by atomic mass is 10.0. The Bertz CT molecular complexity index is 193. The van der Waals surface area contributed by atoms with Crippen LogP contribution in [0.2, 0.25) is 0 Å². The van der Waals surface area contributed by atoms with Crippen LogP contribution in [0.15, 0.2) is 0 Å². The highest BCUT2D eigenvalue weighted by Crippen LogP contribution is 2.01. The minimum absolute atomic E-state index is 0.141. The minimum Gasteiger partial charge on any atom is -0.344 e. The molecule has 0 aliphatic heterocycles. The van der Waals surface area contributed by atoms with E-state index < -0.39 is 6.04 Å². The maximum atomic E-state index is 11.6. The van der Waals surface area contributed by atoms with E-state index in [9.17, 15) is 9.59 Å². The quantitative estimate of drug-likeness (QED) is 0.644. The van der Waals surface area contributed by atoms with E-state index in [-0.39, 0.29) is 17.9 Å². The molecule has 4 heteroatoms. The fourth-order valence-corrected chi connectivity index (χ4v) is 1.24. The van der Waals surface area contributed by atoms with Crippen LogP contribution in [-0.4, -0.2) is 31.3 Å². The van der Waals surface area contributed by atoms with Crippen molar-refractivity contribution in [3.8, 4) is 0 Å². The summed E-state index contributed by atoms with van der Waals surface area (Å²) in [5.74, 6) is 0.0573. The monoisotopic (exact) mass is 199 g/mol. The van der Waals surface area contributed by atoms with Crippen molar-refractivity contribution < 1.29 is 9.59 Å². The number of hydrogen-bond acceptors (Lipinski definition) is 3. The number of nitrogens with one attached hydrogen (secondary N) is 2. The lowest BCUT2D eigenvalue weighted by Gasteiger charge is -2.21. The predicted molar refractivity (Wildman–Crippen MR) is 55.6 cm³/mol. The van der Waals surface area contributed by atoms with Gasteiger partial charge in [-0.3, -0.25) is 9.59 Å². The number of carbonyl (C=O) groups excluding carboxylic acids is 2. The van der Waals surface area contributed by atoms with Crippen LogP contribution in [0.5, 0.6) is 0 Å². The smallest absolute Gasteiger partial charge is 0.237 e. The Balaban J connectivity index is 4.22. The van der Waals surface area contributed by atoms with Crippen molar-refractivity contribution in [3.05, 3.63) is 0 Å². The van der Waals surface area contributed by atoms with Gasteiger partial charge in [0.25, 0.3) is 0 Å². The average molecular weight is 199 g/mol. The SMILES string of the molecule is CC[C@@H]([C]=O)NC(=O)[C@@H](NC)C(C)C. The number of amides is 1.